The lowest BCUT2D eigenvalue weighted by Gasteiger charge is -2.13. The van der Waals surface area contributed by atoms with Crippen LogP contribution in [-0.2, 0) is 6.54 Å². The zero-order valence-electron chi connectivity index (χ0n) is 11.6. The number of aromatic nitrogens is 2. The van der Waals surface area contributed by atoms with E-state index in [1.807, 2.05) is 19.0 Å². The van der Waals surface area contributed by atoms with Crippen molar-refractivity contribution in [2.24, 2.45) is 0 Å². The molecule has 0 bridgehead atoms. The van der Waals surface area contributed by atoms with Gasteiger partial charge in [0.2, 0.25) is 0 Å². The van der Waals surface area contributed by atoms with E-state index in [-0.39, 0.29) is 5.56 Å². The van der Waals surface area contributed by atoms with Crippen LogP contribution in [0.25, 0.3) is 0 Å². The van der Waals surface area contributed by atoms with Gasteiger partial charge >= 0.3 is 0 Å². The molecule has 0 saturated heterocycles. The highest BCUT2D eigenvalue weighted by Gasteiger charge is 2.08. The molecule has 0 atom stereocenters. The lowest BCUT2D eigenvalue weighted by molar-refractivity contribution is 0.407. The van der Waals surface area contributed by atoms with Gasteiger partial charge in [-0.1, -0.05) is 11.6 Å². The Labute approximate surface area is 122 Å². The van der Waals surface area contributed by atoms with Crippen LogP contribution in [-0.4, -0.2) is 31.0 Å². The highest BCUT2D eigenvalue weighted by atomic mass is 35.5. The Morgan fingerprint density at radius 1 is 1.35 bits per heavy atom. The first-order valence-electron chi connectivity index (χ1n) is 6.08. The number of halogens is 1. The molecule has 0 amide bonds. The van der Waals surface area contributed by atoms with Crippen LogP contribution < -0.4 is 15.2 Å². The van der Waals surface area contributed by atoms with Gasteiger partial charge in [-0.25, -0.2) is 4.68 Å². The number of methoxy groups -OCH3 is 1. The summed E-state index contributed by atoms with van der Waals surface area (Å²) in [6.45, 7) is 0.316. The largest absolute Gasteiger partial charge is 0.496 e. The van der Waals surface area contributed by atoms with Crippen LogP contribution in [0.5, 0.6) is 5.75 Å². The van der Waals surface area contributed by atoms with E-state index in [1.54, 1.807) is 37.6 Å². The van der Waals surface area contributed by atoms with Gasteiger partial charge in [-0.3, -0.25) is 4.79 Å². The van der Waals surface area contributed by atoms with Crippen molar-refractivity contribution in [2.75, 3.05) is 26.1 Å². The maximum atomic E-state index is 12.0. The third-order valence-electron chi connectivity index (χ3n) is 2.93. The molecule has 1 heterocycles. The third-order valence-corrected chi connectivity index (χ3v) is 3.17. The molecule has 0 aliphatic heterocycles. The summed E-state index contributed by atoms with van der Waals surface area (Å²) >= 11 is 5.98. The molecule has 5 nitrogen and oxygen atoms in total. The number of rotatable bonds is 4. The molecule has 0 unspecified atom stereocenters. The van der Waals surface area contributed by atoms with Gasteiger partial charge in [-0.2, -0.15) is 5.10 Å². The molecule has 0 fully saturated rings. The second kappa shape index (κ2) is 5.96. The van der Waals surface area contributed by atoms with Crippen molar-refractivity contribution in [1.29, 1.82) is 0 Å². The lowest BCUT2D eigenvalue weighted by Crippen LogP contribution is -2.24. The topological polar surface area (TPSA) is 47.4 Å². The normalized spacial score (nSPS) is 10.4. The van der Waals surface area contributed by atoms with Gasteiger partial charge in [0, 0.05) is 30.7 Å². The molecule has 0 radical (unpaired) electrons. The Balaban J connectivity index is 2.35. The Hall–Kier alpha value is -2.01. The van der Waals surface area contributed by atoms with E-state index < -0.39 is 0 Å². The van der Waals surface area contributed by atoms with E-state index in [4.69, 9.17) is 16.3 Å². The third kappa shape index (κ3) is 3.11. The fourth-order valence-electron chi connectivity index (χ4n) is 1.82. The summed E-state index contributed by atoms with van der Waals surface area (Å²) in [7, 11) is 5.31. The number of anilines is 1. The molecule has 6 heteroatoms. The number of benzene rings is 1. The van der Waals surface area contributed by atoms with Crippen molar-refractivity contribution in [3.63, 3.8) is 0 Å². The Kier molecular flexibility index (Phi) is 4.29. The quantitative estimate of drug-likeness (QED) is 0.865. The summed E-state index contributed by atoms with van der Waals surface area (Å²) < 4.78 is 6.64. The number of hydrogen-bond donors (Lipinski definition) is 0. The molecule has 0 aliphatic carbocycles. The van der Waals surface area contributed by atoms with Crippen molar-refractivity contribution in [2.45, 2.75) is 6.54 Å². The highest BCUT2D eigenvalue weighted by Crippen LogP contribution is 2.23. The first kappa shape index (κ1) is 14.4. The van der Waals surface area contributed by atoms with Gasteiger partial charge in [0.25, 0.3) is 5.56 Å². The fourth-order valence-corrected chi connectivity index (χ4v) is 2.01. The molecule has 106 valence electrons. The average molecular weight is 294 g/mol. The number of hydrogen-bond acceptors (Lipinski definition) is 4. The molecule has 0 aliphatic rings. The Morgan fingerprint density at radius 3 is 2.70 bits per heavy atom. The Morgan fingerprint density at radius 2 is 2.10 bits per heavy atom. The predicted octanol–water partition coefficient (Wildman–Crippen LogP) is 2.02. The molecule has 20 heavy (non-hydrogen) atoms. The van der Waals surface area contributed by atoms with Crippen molar-refractivity contribution in [3.8, 4) is 5.75 Å². The van der Waals surface area contributed by atoms with E-state index >= 15 is 0 Å². The standard InChI is InChI=1S/C14H16ClN3O2/c1-17(2)12-7-14(19)18(16-8-12)9-10-6-11(15)4-5-13(10)20-3/h4-8H,9H2,1-3H3. The maximum Gasteiger partial charge on any atom is 0.269 e. The van der Waals surface area contributed by atoms with Crippen molar-refractivity contribution in [1.82, 2.24) is 9.78 Å². The Bertz CT molecular complexity index is 668. The lowest BCUT2D eigenvalue weighted by atomic mass is 10.2. The fraction of sp³-hybridized carbons (Fsp3) is 0.286. The maximum absolute atomic E-state index is 12.0. The molecule has 1 aromatic carbocycles. The van der Waals surface area contributed by atoms with Crippen molar-refractivity contribution < 1.29 is 4.74 Å². The predicted molar refractivity (Wildman–Crippen MR) is 79.9 cm³/mol. The van der Waals surface area contributed by atoms with Crippen LogP contribution in [0.3, 0.4) is 0 Å². The van der Waals surface area contributed by atoms with Crippen LogP contribution in [0, 0.1) is 0 Å². The second-order valence-corrected chi connectivity index (χ2v) is 5.00. The molecule has 0 spiro atoms. The van der Waals surface area contributed by atoms with Crippen molar-refractivity contribution >= 4 is 17.3 Å². The van der Waals surface area contributed by atoms with Crippen LogP contribution in [0.2, 0.25) is 5.02 Å². The molecule has 0 saturated carbocycles. The average Bonchev–Trinajstić information content (AvgIpc) is 2.41. The number of ether oxygens (including phenoxy) is 1. The minimum Gasteiger partial charge on any atom is -0.496 e. The highest BCUT2D eigenvalue weighted by molar-refractivity contribution is 6.30. The van der Waals surface area contributed by atoms with Gasteiger partial charge < -0.3 is 9.64 Å². The molecule has 2 rings (SSSR count). The van der Waals surface area contributed by atoms with E-state index in [0.29, 0.717) is 17.3 Å². The van der Waals surface area contributed by atoms with Crippen LogP contribution in [0.4, 0.5) is 5.69 Å². The van der Waals surface area contributed by atoms with Gasteiger partial charge in [-0.05, 0) is 18.2 Å². The molecule has 0 N–H and O–H groups in total. The smallest absolute Gasteiger partial charge is 0.269 e. The van der Waals surface area contributed by atoms with Crippen LogP contribution in [0.1, 0.15) is 5.56 Å². The van der Waals surface area contributed by atoms with Gasteiger partial charge in [0.15, 0.2) is 0 Å². The molecular weight excluding hydrogens is 278 g/mol. The van der Waals surface area contributed by atoms with E-state index in [2.05, 4.69) is 5.10 Å². The number of nitrogens with zero attached hydrogens (tertiary/aromatic N) is 3. The minimum atomic E-state index is -0.168. The van der Waals surface area contributed by atoms with Crippen LogP contribution in [0.15, 0.2) is 35.3 Å². The first-order valence-corrected chi connectivity index (χ1v) is 6.46. The summed E-state index contributed by atoms with van der Waals surface area (Å²) in [6, 6.07) is 6.84. The monoisotopic (exact) mass is 293 g/mol. The summed E-state index contributed by atoms with van der Waals surface area (Å²) in [5.74, 6) is 0.680. The molecular formula is C14H16ClN3O2. The van der Waals surface area contributed by atoms with Gasteiger partial charge in [-0.15, -0.1) is 0 Å². The SMILES string of the molecule is COc1ccc(Cl)cc1Cn1ncc(N(C)C)cc1=O. The zero-order valence-corrected chi connectivity index (χ0v) is 12.4. The van der Waals surface area contributed by atoms with Gasteiger partial charge in [0.05, 0.1) is 25.5 Å². The van der Waals surface area contributed by atoms with E-state index in [9.17, 15) is 4.79 Å². The zero-order chi connectivity index (χ0) is 14.7. The molecule has 1 aromatic heterocycles. The summed E-state index contributed by atoms with van der Waals surface area (Å²) in [5.41, 5.74) is 1.41. The van der Waals surface area contributed by atoms with Crippen molar-refractivity contribution in [3.05, 3.63) is 51.4 Å². The molecule has 2 aromatic rings. The summed E-state index contributed by atoms with van der Waals surface area (Å²) in [5, 5.41) is 4.76. The minimum absolute atomic E-state index is 0.168. The second-order valence-electron chi connectivity index (χ2n) is 4.56. The first-order chi connectivity index (χ1) is 9.51. The summed E-state index contributed by atoms with van der Waals surface area (Å²) in [4.78, 5) is 13.9. The van der Waals surface area contributed by atoms with Gasteiger partial charge in [0.1, 0.15) is 5.75 Å². The van der Waals surface area contributed by atoms with E-state index in [0.717, 1.165) is 11.3 Å². The van der Waals surface area contributed by atoms with Crippen LogP contribution >= 0.6 is 11.6 Å². The van der Waals surface area contributed by atoms with E-state index in [1.165, 1.54) is 4.68 Å². The summed E-state index contributed by atoms with van der Waals surface area (Å²) in [6.07, 6.45) is 1.65.